The molecule has 0 aliphatic heterocycles. The van der Waals surface area contributed by atoms with Gasteiger partial charge >= 0.3 is 0 Å². The van der Waals surface area contributed by atoms with Crippen LogP contribution >= 0.6 is 11.3 Å². The molecule has 21 heavy (non-hydrogen) atoms. The Morgan fingerprint density at radius 1 is 1.43 bits per heavy atom. The summed E-state index contributed by atoms with van der Waals surface area (Å²) in [7, 11) is -3.83. The molecule has 0 bridgehead atoms. The van der Waals surface area contributed by atoms with Crippen molar-refractivity contribution in [2.24, 2.45) is 0 Å². The topological polar surface area (TPSA) is 101 Å². The van der Waals surface area contributed by atoms with Gasteiger partial charge in [0, 0.05) is 24.3 Å². The summed E-state index contributed by atoms with van der Waals surface area (Å²) < 4.78 is 29.1. The number of sulfonamides is 1. The summed E-state index contributed by atoms with van der Waals surface area (Å²) in [5.41, 5.74) is 0. The van der Waals surface area contributed by atoms with Gasteiger partial charge in [0.05, 0.1) is 0 Å². The first-order valence-corrected chi connectivity index (χ1v) is 8.48. The Morgan fingerprint density at radius 2 is 2.29 bits per heavy atom. The smallest absolute Gasteiger partial charge is 0.282 e. The average molecular weight is 324 g/mol. The third-order valence-corrected chi connectivity index (χ3v) is 4.76. The molecule has 3 heterocycles. The second kappa shape index (κ2) is 5.30. The lowest BCUT2D eigenvalue weighted by molar-refractivity contribution is 0.596. The van der Waals surface area contributed by atoms with Crippen molar-refractivity contribution in [2.45, 2.75) is 11.9 Å². The molecule has 0 aromatic carbocycles. The predicted molar refractivity (Wildman–Crippen MR) is 80.1 cm³/mol. The summed E-state index contributed by atoms with van der Waals surface area (Å²) in [5.74, 6) is 0.478. The van der Waals surface area contributed by atoms with E-state index in [1.165, 1.54) is 28.0 Å². The molecule has 3 rings (SSSR count). The van der Waals surface area contributed by atoms with E-state index in [4.69, 9.17) is 0 Å². The van der Waals surface area contributed by atoms with Gasteiger partial charge in [-0.2, -0.15) is 13.5 Å². The van der Waals surface area contributed by atoms with Crippen molar-refractivity contribution in [3.63, 3.8) is 0 Å². The van der Waals surface area contributed by atoms with Crippen LogP contribution in [-0.4, -0.2) is 34.5 Å². The monoisotopic (exact) mass is 324 g/mol. The number of hydrogen-bond donors (Lipinski definition) is 2. The second-order valence-corrected chi connectivity index (χ2v) is 6.54. The van der Waals surface area contributed by atoms with Crippen molar-refractivity contribution in [3.8, 4) is 0 Å². The summed E-state index contributed by atoms with van der Waals surface area (Å²) >= 11 is 1.36. The van der Waals surface area contributed by atoms with E-state index in [0.717, 1.165) is 0 Å². The maximum atomic E-state index is 12.6. The maximum Gasteiger partial charge on any atom is 0.282 e. The zero-order valence-electron chi connectivity index (χ0n) is 11.0. The van der Waals surface area contributed by atoms with Crippen molar-refractivity contribution < 1.29 is 8.42 Å². The Labute approximate surface area is 124 Å². The van der Waals surface area contributed by atoms with Crippen LogP contribution in [0.25, 0.3) is 4.96 Å². The minimum absolute atomic E-state index is 0.0613. The van der Waals surface area contributed by atoms with Gasteiger partial charge in [0.25, 0.3) is 10.0 Å². The number of hydrogen-bond acceptors (Lipinski definition) is 7. The van der Waals surface area contributed by atoms with Gasteiger partial charge in [-0.25, -0.2) is 4.98 Å². The molecule has 110 valence electrons. The van der Waals surface area contributed by atoms with Gasteiger partial charge < -0.3 is 5.32 Å². The number of nitrogens with zero attached hydrogens (tertiary/aromatic N) is 4. The highest BCUT2D eigenvalue weighted by Gasteiger charge is 2.26. The molecule has 10 heteroatoms. The Balaban J connectivity index is 2.09. The Kier molecular flexibility index (Phi) is 3.47. The van der Waals surface area contributed by atoms with Gasteiger partial charge in [0.1, 0.15) is 0 Å². The summed E-state index contributed by atoms with van der Waals surface area (Å²) in [6.45, 7) is 2.44. The van der Waals surface area contributed by atoms with E-state index in [2.05, 4.69) is 25.2 Å². The van der Waals surface area contributed by atoms with Crippen molar-refractivity contribution in [2.75, 3.05) is 16.6 Å². The van der Waals surface area contributed by atoms with Crippen LogP contribution in [0.2, 0.25) is 0 Å². The standard InChI is InChI=1S/C11H12N6O2S2/c1-2-12-9-10(17-6-7-20-11(17)14-9)21(18,19)16-8-4-3-5-13-15-8/h3-7,12H,2H2,1H3,(H,15,16). The first-order chi connectivity index (χ1) is 10.1. The zero-order chi connectivity index (χ0) is 14.9. The van der Waals surface area contributed by atoms with E-state index in [0.29, 0.717) is 17.3 Å². The van der Waals surface area contributed by atoms with Crippen LogP contribution in [0.3, 0.4) is 0 Å². The minimum Gasteiger partial charge on any atom is -0.368 e. The van der Waals surface area contributed by atoms with Crippen LogP contribution in [0.4, 0.5) is 11.6 Å². The molecule has 2 N–H and O–H groups in total. The first-order valence-electron chi connectivity index (χ1n) is 6.12. The van der Waals surface area contributed by atoms with Gasteiger partial charge in [-0.05, 0) is 19.1 Å². The van der Waals surface area contributed by atoms with Gasteiger partial charge in [-0.1, -0.05) is 0 Å². The largest absolute Gasteiger partial charge is 0.368 e. The van der Waals surface area contributed by atoms with Crippen molar-refractivity contribution in [3.05, 3.63) is 29.9 Å². The van der Waals surface area contributed by atoms with E-state index in [9.17, 15) is 8.42 Å². The van der Waals surface area contributed by atoms with Crippen molar-refractivity contribution >= 4 is 38.0 Å². The van der Waals surface area contributed by atoms with Gasteiger partial charge in [0.15, 0.2) is 16.6 Å². The van der Waals surface area contributed by atoms with Crippen LogP contribution in [0.5, 0.6) is 0 Å². The quantitative estimate of drug-likeness (QED) is 0.736. The summed E-state index contributed by atoms with van der Waals surface area (Å²) in [6.07, 6.45) is 3.14. The number of thiazole rings is 1. The number of rotatable bonds is 5. The number of imidazole rings is 1. The molecule has 0 saturated heterocycles. The summed E-state index contributed by atoms with van der Waals surface area (Å²) in [5, 5.41) is 12.2. The summed E-state index contributed by atoms with van der Waals surface area (Å²) in [4.78, 5) is 4.89. The van der Waals surface area contributed by atoms with E-state index in [1.54, 1.807) is 17.6 Å². The summed E-state index contributed by atoms with van der Waals surface area (Å²) in [6, 6.07) is 3.13. The fourth-order valence-electron chi connectivity index (χ4n) is 1.85. The Bertz CT molecular complexity index is 855. The molecule has 3 aromatic heterocycles. The normalized spacial score (nSPS) is 11.7. The second-order valence-electron chi connectivity index (χ2n) is 4.07. The lowest BCUT2D eigenvalue weighted by Gasteiger charge is -2.08. The number of anilines is 2. The van der Waals surface area contributed by atoms with E-state index in [-0.39, 0.29) is 10.8 Å². The van der Waals surface area contributed by atoms with Crippen LogP contribution in [0.15, 0.2) is 34.9 Å². The lowest BCUT2D eigenvalue weighted by Crippen LogP contribution is -2.17. The molecule has 0 saturated carbocycles. The molecular formula is C11H12N6O2S2. The fourth-order valence-corrected chi connectivity index (χ4v) is 3.88. The van der Waals surface area contributed by atoms with Crippen LogP contribution in [-0.2, 0) is 10.0 Å². The third-order valence-electron chi connectivity index (χ3n) is 2.63. The molecule has 0 atom stereocenters. The average Bonchev–Trinajstić information content (AvgIpc) is 2.99. The fraction of sp³-hybridized carbons (Fsp3) is 0.182. The molecule has 8 nitrogen and oxygen atoms in total. The molecule has 0 aliphatic rings. The van der Waals surface area contributed by atoms with Crippen LogP contribution in [0, 0.1) is 0 Å². The van der Waals surface area contributed by atoms with E-state index < -0.39 is 10.0 Å². The van der Waals surface area contributed by atoms with Crippen molar-refractivity contribution in [1.82, 2.24) is 19.6 Å². The van der Waals surface area contributed by atoms with Gasteiger partial charge in [-0.3, -0.25) is 9.12 Å². The molecular weight excluding hydrogens is 312 g/mol. The molecule has 0 unspecified atom stereocenters. The van der Waals surface area contributed by atoms with E-state index in [1.807, 2.05) is 6.92 Å². The highest BCUT2D eigenvalue weighted by atomic mass is 32.2. The SMILES string of the molecule is CCNc1nc2sccn2c1S(=O)(=O)Nc1cccnn1. The van der Waals surface area contributed by atoms with Crippen LogP contribution < -0.4 is 10.0 Å². The maximum absolute atomic E-state index is 12.6. The van der Waals surface area contributed by atoms with Crippen LogP contribution in [0.1, 0.15) is 6.92 Å². The van der Waals surface area contributed by atoms with Gasteiger partial charge in [-0.15, -0.1) is 16.4 Å². The molecule has 0 aliphatic carbocycles. The number of aromatic nitrogens is 4. The number of nitrogens with one attached hydrogen (secondary N) is 2. The molecule has 0 radical (unpaired) electrons. The van der Waals surface area contributed by atoms with Crippen molar-refractivity contribution in [1.29, 1.82) is 0 Å². The van der Waals surface area contributed by atoms with E-state index >= 15 is 0 Å². The number of fused-ring (bicyclic) bond motifs is 1. The first kappa shape index (κ1) is 13.8. The Hall–Kier alpha value is -2.20. The Morgan fingerprint density at radius 3 is 3.00 bits per heavy atom. The molecule has 0 amide bonds. The lowest BCUT2D eigenvalue weighted by atomic mass is 10.6. The molecule has 3 aromatic rings. The highest BCUT2D eigenvalue weighted by molar-refractivity contribution is 7.92. The molecule has 0 spiro atoms. The zero-order valence-corrected chi connectivity index (χ0v) is 12.6. The predicted octanol–water partition coefficient (Wildman–Crippen LogP) is 1.42. The highest BCUT2D eigenvalue weighted by Crippen LogP contribution is 2.26. The van der Waals surface area contributed by atoms with Gasteiger partial charge in [0.2, 0.25) is 5.03 Å². The molecule has 0 fully saturated rings. The third kappa shape index (κ3) is 2.54. The minimum atomic E-state index is -3.83.